The Morgan fingerprint density at radius 1 is 1.16 bits per heavy atom. The van der Waals surface area contributed by atoms with Gasteiger partial charge in [-0.25, -0.2) is 9.97 Å². The molecule has 3 aromatic rings. The number of methoxy groups -OCH3 is 1. The van der Waals surface area contributed by atoms with Crippen LogP contribution in [0.2, 0.25) is 0 Å². The zero-order valence-electron chi connectivity index (χ0n) is 15.0. The van der Waals surface area contributed by atoms with Crippen molar-refractivity contribution in [3.8, 4) is 16.9 Å². The van der Waals surface area contributed by atoms with Gasteiger partial charge in [0.25, 0.3) is 0 Å². The van der Waals surface area contributed by atoms with Crippen LogP contribution in [-0.2, 0) is 0 Å². The van der Waals surface area contributed by atoms with E-state index in [0.717, 1.165) is 28.8 Å². The maximum atomic E-state index is 5.29. The molecule has 0 saturated carbocycles. The highest BCUT2D eigenvalue weighted by atomic mass is 32.1. The third kappa shape index (κ3) is 2.97. The van der Waals surface area contributed by atoms with Gasteiger partial charge in [0.2, 0.25) is 0 Å². The van der Waals surface area contributed by atoms with Gasteiger partial charge >= 0.3 is 0 Å². The smallest absolute Gasteiger partial charge is 0.141 e. The monoisotopic (exact) mass is 353 g/mol. The first-order chi connectivity index (χ1) is 12.2. The van der Waals surface area contributed by atoms with E-state index in [9.17, 15) is 0 Å². The minimum absolute atomic E-state index is 0.523. The molecule has 130 valence electrons. The second-order valence-electron chi connectivity index (χ2n) is 6.69. The van der Waals surface area contributed by atoms with E-state index < -0.39 is 0 Å². The molecule has 0 N–H and O–H groups in total. The number of aryl methyl sites for hydroxylation is 1. The lowest BCUT2D eigenvalue weighted by atomic mass is 10.0. The third-order valence-corrected chi connectivity index (χ3v) is 5.87. The molecule has 4 rings (SSSR count). The van der Waals surface area contributed by atoms with Crippen LogP contribution in [0.4, 0.5) is 5.82 Å². The Bertz CT molecular complexity index is 888. The number of anilines is 1. The lowest BCUT2D eigenvalue weighted by Crippen LogP contribution is -2.38. The van der Waals surface area contributed by atoms with Crippen LogP contribution in [0.1, 0.15) is 32.0 Å². The second kappa shape index (κ2) is 6.64. The van der Waals surface area contributed by atoms with Gasteiger partial charge in [0.05, 0.1) is 12.5 Å². The van der Waals surface area contributed by atoms with E-state index >= 15 is 0 Å². The van der Waals surface area contributed by atoms with Crippen LogP contribution in [0.15, 0.2) is 29.6 Å². The summed E-state index contributed by atoms with van der Waals surface area (Å²) in [6.45, 7) is 5.37. The Morgan fingerprint density at radius 2 is 1.96 bits per heavy atom. The van der Waals surface area contributed by atoms with Gasteiger partial charge in [0, 0.05) is 23.5 Å². The van der Waals surface area contributed by atoms with E-state index in [1.165, 1.54) is 35.8 Å². The maximum Gasteiger partial charge on any atom is 0.141 e. The van der Waals surface area contributed by atoms with Crippen molar-refractivity contribution in [2.24, 2.45) is 0 Å². The molecule has 0 spiro atoms. The van der Waals surface area contributed by atoms with Crippen molar-refractivity contribution in [1.82, 2.24) is 9.97 Å². The van der Waals surface area contributed by atoms with Gasteiger partial charge in [-0.2, -0.15) is 0 Å². The molecule has 1 saturated heterocycles. The van der Waals surface area contributed by atoms with Crippen molar-refractivity contribution < 1.29 is 4.74 Å². The third-order valence-electron chi connectivity index (χ3n) is 5.00. The molecule has 25 heavy (non-hydrogen) atoms. The fourth-order valence-electron chi connectivity index (χ4n) is 3.63. The minimum atomic E-state index is 0.523. The summed E-state index contributed by atoms with van der Waals surface area (Å²) in [6, 6.07) is 8.77. The topological polar surface area (TPSA) is 38.3 Å². The zero-order chi connectivity index (χ0) is 17.4. The quantitative estimate of drug-likeness (QED) is 0.660. The van der Waals surface area contributed by atoms with Crippen molar-refractivity contribution in [2.45, 2.75) is 39.2 Å². The predicted molar refractivity (Wildman–Crippen MR) is 105 cm³/mol. The van der Waals surface area contributed by atoms with Crippen molar-refractivity contribution in [3.63, 3.8) is 0 Å². The summed E-state index contributed by atoms with van der Waals surface area (Å²) < 4.78 is 5.29. The molecule has 5 heteroatoms. The lowest BCUT2D eigenvalue weighted by Gasteiger charge is -2.35. The maximum absolute atomic E-state index is 5.29. The predicted octanol–water partition coefficient (Wildman–Crippen LogP) is 5.05. The van der Waals surface area contributed by atoms with Gasteiger partial charge in [0.15, 0.2) is 0 Å². The highest BCUT2D eigenvalue weighted by molar-refractivity contribution is 7.17. The number of hydrogen-bond donors (Lipinski definition) is 0. The number of aromatic nitrogens is 2. The number of fused-ring (bicyclic) bond motifs is 1. The van der Waals surface area contributed by atoms with Gasteiger partial charge in [-0.05, 0) is 50.8 Å². The molecule has 1 aromatic carbocycles. The van der Waals surface area contributed by atoms with E-state index in [-0.39, 0.29) is 0 Å². The summed E-state index contributed by atoms with van der Waals surface area (Å²) in [5.74, 6) is 2.82. The van der Waals surface area contributed by atoms with Crippen LogP contribution in [0, 0.1) is 6.92 Å². The minimum Gasteiger partial charge on any atom is -0.497 e. The highest BCUT2D eigenvalue weighted by Crippen LogP contribution is 2.40. The highest BCUT2D eigenvalue weighted by Gasteiger charge is 2.24. The average Bonchev–Trinajstić information content (AvgIpc) is 3.05. The first-order valence-corrected chi connectivity index (χ1v) is 9.72. The first-order valence-electron chi connectivity index (χ1n) is 8.84. The number of rotatable bonds is 3. The molecule has 4 nitrogen and oxygen atoms in total. The molecule has 0 amide bonds. The molecule has 1 fully saturated rings. The lowest BCUT2D eigenvalue weighted by molar-refractivity contribution is 0.415. The number of piperidine rings is 1. The Morgan fingerprint density at radius 3 is 2.68 bits per heavy atom. The fraction of sp³-hybridized carbons (Fsp3) is 0.400. The van der Waals surface area contributed by atoms with Crippen LogP contribution in [0.5, 0.6) is 5.75 Å². The fourth-order valence-corrected chi connectivity index (χ4v) is 4.62. The Balaban J connectivity index is 1.88. The molecule has 1 aliphatic rings. The first kappa shape index (κ1) is 16.3. The van der Waals surface area contributed by atoms with E-state index in [0.29, 0.717) is 6.04 Å². The van der Waals surface area contributed by atoms with Gasteiger partial charge in [-0.3, -0.25) is 0 Å². The van der Waals surface area contributed by atoms with Crippen LogP contribution in [-0.4, -0.2) is 29.7 Å². The number of thiophene rings is 1. The molecule has 2 aromatic heterocycles. The second-order valence-corrected chi connectivity index (χ2v) is 7.55. The summed E-state index contributed by atoms with van der Waals surface area (Å²) in [4.78, 5) is 13.1. The number of hydrogen-bond acceptors (Lipinski definition) is 5. The molecule has 3 heterocycles. The summed E-state index contributed by atoms with van der Waals surface area (Å²) in [5, 5.41) is 3.40. The molecule has 0 aliphatic carbocycles. The number of benzene rings is 1. The molecule has 0 radical (unpaired) electrons. The number of nitrogens with zero attached hydrogens (tertiary/aromatic N) is 3. The SMILES string of the molecule is COc1ccc(-c2csc3nc(C)nc(N4CCCCC4C)c23)cc1. The van der Waals surface area contributed by atoms with E-state index in [4.69, 9.17) is 14.7 Å². The van der Waals surface area contributed by atoms with Gasteiger partial charge in [-0.15, -0.1) is 11.3 Å². The molecule has 1 unspecified atom stereocenters. The molecule has 1 aliphatic heterocycles. The van der Waals surface area contributed by atoms with Crippen molar-refractivity contribution in [2.75, 3.05) is 18.6 Å². The molecule has 1 atom stereocenters. The molecular weight excluding hydrogens is 330 g/mol. The van der Waals surface area contributed by atoms with Crippen LogP contribution >= 0.6 is 11.3 Å². The summed E-state index contributed by atoms with van der Waals surface area (Å²) in [6.07, 6.45) is 3.77. The molecular formula is C20H23N3OS. The van der Waals surface area contributed by atoms with E-state index in [2.05, 4.69) is 29.3 Å². The van der Waals surface area contributed by atoms with Crippen LogP contribution in [0.25, 0.3) is 21.3 Å². The average molecular weight is 353 g/mol. The normalized spacial score (nSPS) is 17.9. The summed E-state index contributed by atoms with van der Waals surface area (Å²) >= 11 is 1.70. The van der Waals surface area contributed by atoms with Crippen LogP contribution < -0.4 is 9.64 Å². The molecule has 0 bridgehead atoms. The van der Waals surface area contributed by atoms with Gasteiger partial charge in [0.1, 0.15) is 22.2 Å². The van der Waals surface area contributed by atoms with Crippen molar-refractivity contribution in [3.05, 3.63) is 35.5 Å². The van der Waals surface area contributed by atoms with Gasteiger partial charge in [-0.1, -0.05) is 12.1 Å². The largest absolute Gasteiger partial charge is 0.497 e. The van der Waals surface area contributed by atoms with Crippen molar-refractivity contribution in [1.29, 1.82) is 0 Å². The summed E-state index contributed by atoms with van der Waals surface area (Å²) in [7, 11) is 1.70. The Hall–Kier alpha value is -2.14. The Kier molecular flexibility index (Phi) is 4.34. The standard InChI is InChI=1S/C20H23N3OS/c1-13-6-4-5-11-23(13)19-18-17(12-25-20(18)22-14(2)21-19)15-7-9-16(24-3)10-8-15/h7-10,12-13H,4-6,11H2,1-3H3. The van der Waals surface area contributed by atoms with E-state index in [1.807, 2.05) is 19.1 Å². The van der Waals surface area contributed by atoms with Crippen LogP contribution in [0.3, 0.4) is 0 Å². The van der Waals surface area contributed by atoms with Crippen molar-refractivity contribution >= 4 is 27.4 Å². The number of ether oxygens (including phenoxy) is 1. The van der Waals surface area contributed by atoms with E-state index in [1.54, 1.807) is 18.4 Å². The summed E-state index contributed by atoms with van der Waals surface area (Å²) in [5.41, 5.74) is 2.40. The Labute approximate surface area is 152 Å². The zero-order valence-corrected chi connectivity index (χ0v) is 15.8. The van der Waals surface area contributed by atoms with Gasteiger partial charge < -0.3 is 9.64 Å².